The van der Waals surface area contributed by atoms with E-state index in [1.165, 1.54) is 6.42 Å². The molecule has 1 rings (SSSR count). The van der Waals surface area contributed by atoms with Gasteiger partial charge in [0, 0.05) is 0 Å². The Hall–Kier alpha value is -0.0400. The lowest BCUT2D eigenvalue weighted by molar-refractivity contribution is -0.0540. The molecule has 1 heteroatoms. The minimum Gasteiger partial charge on any atom is -0.389 e. The molecule has 1 nitrogen and oxygen atoms in total. The van der Waals surface area contributed by atoms with E-state index >= 15 is 0 Å². The highest BCUT2D eigenvalue weighted by atomic mass is 16.3. The van der Waals surface area contributed by atoms with Crippen LogP contribution in [0.3, 0.4) is 0 Å². The molecule has 2 unspecified atom stereocenters. The predicted molar refractivity (Wildman–Crippen MR) is 42.8 cm³/mol. The summed E-state index contributed by atoms with van der Waals surface area (Å²) in [5.74, 6) is 0.461. The third-order valence-electron chi connectivity index (χ3n) is 3.53. The monoisotopic (exact) mass is 142 g/mol. The van der Waals surface area contributed by atoms with Crippen LogP contribution in [0, 0.1) is 11.3 Å². The van der Waals surface area contributed by atoms with E-state index in [2.05, 4.69) is 20.8 Å². The average molecular weight is 142 g/mol. The molecule has 0 aromatic carbocycles. The van der Waals surface area contributed by atoms with Crippen LogP contribution >= 0.6 is 0 Å². The Labute approximate surface area is 63.4 Å². The summed E-state index contributed by atoms with van der Waals surface area (Å²) in [6.07, 6.45) is 2.32. The quantitative estimate of drug-likeness (QED) is 0.549. The normalized spacial score (nSPS) is 45.9. The molecule has 1 aliphatic rings. The highest BCUT2D eigenvalue weighted by Crippen LogP contribution is 2.48. The van der Waals surface area contributed by atoms with E-state index in [9.17, 15) is 5.11 Å². The fraction of sp³-hybridized carbons (Fsp3) is 1.00. The van der Waals surface area contributed by atoms with Crippen LogP contribution < -0.4 is 0 Å². The summed E-state index contributed by atoms with van der Waals surface area (Å²) in [5, 5.41) is 9.99. The predicted octanol–water partition coefficient (Wildman–Crippen LogP) is 2.19. The van der Waals surface area contributed by atoms with Gasteiger partial charge in [0.2, 0.25) is 0 Å². The molecule has 60 valence electrons. The molecule has 0 aromatic heterocycles. The van der Waals surface area contributed by atoms with Gasteiger partial charge in [-0.05, 0) is 31.1 Å². The van der Waals surface area contributed by atoms with Gasteiger partial charge in [-0.15, -0.1) is 0 Å². The van der Waals surface area contributed by atoms with Crippen molar-refractivity contribution in [3.63, 3.8) is 0 Å². The molecule has 1 aliphatic carbocycles. The van der Waals surface area contributed by atoms with Crippen LogP contribution in [0.25, 0.3) is 0 Å². The van der Waals surface area contributed by atoms with Gasteiger partial charge in [0.25, 0.3) is 0 Å². The second-order valence-corrected chi connectivity index (χ2v) is 4.47. The molecule has 0 aliphatic heterocycles. The summed E-state index contributed by atoms with van der Waals surface area (Å²) >= 11 is 0. The lowest BCUT2D eigenvalue weighted by Crippen LogP contribution is -2.40. The summed E-state index contributed by atoms with van der Waals surface area (Å²) in [6, 6.07) is 0. The average Bonchev–Trinajstić information content (AvgIpc) is 1.94. The smallest absolute Gasteiger partial charge is 0.0695 e. The van der Waals surface area contributed by atoms with Gasteiger partial charge in [-0.3, -0.25) is 0 Å². The summed E-state index contributed by atoms with van der Waals surface area (Å²) in [4.78, 5) is 0. The lowest BCUT2D eigenvalue weighted by Gasteiger charge is -2.36. The van der Waals surface area contributed by atoms with E-state index in [0.29, 0.717) is 5.92 Å². The Balaban J connectivity index is 2.84. The van der Waals surface area contributed by atoms with Crippen molar-refractivity contribution in [2.75, 3.05) is 0 Å². The van der Waals surface area contributed by atoms with Gasteiger partial charge in [0.15, 0.2) is 0 Å². The molecule has 10 heavy (non-hydrogen) atoms. The zero-order valence-electron chi connectivity index (χ0n) is 7.44. The van der Waals surface area contributed by atoms with Crippen LogP contribution in [0.4, 0.5) is 0 Å². The first-order valence-corrected chi connectivity index (χ1v) is 4.10. The first-order valence-electron chi connectivity index (χ1n) is 4.10. The number of hydrogen-bond donors (Lipinski definition) is 1. The second kappa shape index (κ2) is 1.97. The largest absolute Gasteiger partial charge is 0.389 e. The van der Waals surface area contributed by atoms with E-state index < -0.39 is 5.60 Å². The molecule has 0 heterocycles. The van der Waals surface area contributed by atoms with Crippen LogP contribution in [0.15, 0.2) is 0 Å². The molecular weight excluding hydrogens is 124 g/mol. The Kier molecular flexibility index (Phi) is 1.59. The van der Waals surface area contributed by atoms with Crippen molar-refractivity contribution in [1.82, 2.24) is 0 Å². The molecule has 0 aromatic rings. The third-order valence-corrected chi connectivity index (χ3v) is 3.53. The Morgan fingerprint density at radius 3 is 1.90 bits per heavy atom. The third kappa shape index (κ3) is 0.878. The van der Waals surface area contributed by atoms with Crippen LogP contribution in [0.2, 0.25) is 0 Å². The van der Waals surface area contributed by atoms with Crippen molar-refractivity contribution in [3.8, 4) is 0 Å². The van der Waals surface area contributed by atoms with Gasteiger partial charge in [0.05, 0.1) is 5.60 Å². The van der Waals surface area contributed by atoms with Gasteiger partial charge < -0.3 is 5.11 Å². The van der Waals surface area contributed by atoms with Crippen molar-refractivity contribution in [3.05, 3.63) is 0 Å². The maximum absolute atomic E-state index is 9.99. The van der Waals surface area contributed by atoms with Crippen molar-refractivity contribution < 1.29 is 5.11 Å². The van der Waals surface area contributed by atoms with Gasteiger partial charge in [0.1, 0.15) is 0 Å². The Morgan fingerprint density at radius 1 is 1.30 bits per heavy atom. The number of aliphatic hydroxyl groups is 1. The fourth-order valence-electron chi connectivity index (χ4n) is 1.78. The summed E-state index contributed by atoms with van der Waals surface area (Å²) in [5.41, 5.74) is -0.334. The fourth-order valence-corrected chi connectivity index (χ4v) is 1.78. The molecule has 1 N–H and O–H groups in total. The molecule has 0 radical (unpaired) electrons. The minimum absolute atomic E-state index is 0.117. The van der Waals surface area contributed by atoms with Crippen molar-refractivity contribution in [1.29, 1.82) is 0 Å². The molecule has 0 amide bonds. The topological polar surface area (TPSA) is 20.2 Å². The lowest BCUT2D eigenvalue weighted by atomic mass is 9.76. The van der Waals surface area contributed by atoms with Crippen molar-refractivity contribution >= 4 is 0 Å². The maximum Gasteiger partial charge on any atom is 0.0695 e. The number of hydrogen-bond acceptors (Lipinski definition) is 1. The van der Waals surface area contributed by atoms with Crippen LogP contribution in [0.5, 0.6) is 0 Å². The Bertz CT molecular complexity index is 136. The highest BCUT2D eigenvalue weighted by Gasteiger charge is 2.48. The van der Waals surface area contributed by atoms with Crippen molar-refractivity contribution in [2.24, 2.45) is 11.3 Å². The highest BCUT2D eigenvalue weighted by molar-refractivity contribution is 4.99. The first kappa shape index (κ1) is 8.06. The van der Waals surface area contributed by atoms with Gasteiger partial charge in [-0.25, -0.2) is 0 Å². The molecule has 2 atom stereocenters. The van der Waals surface area contributed by atoms with E-state index in [1.54, 1.807) is 0 Å². The van der Waals surface area contributed by atoms with Crippen LogP contribution in [-0.4, -0.2) is 10.7 Å². The molecular formula is C9H18O. The summed E-state index contributed by atoms with van der Waals surface area (Å²) in [6.45, 7) is 8.40. The Morgan fingerprint density at radius 2 is 1.80 bits per heavy atom. The van der Waals surface area contributed by atoms with Gasteiger partial charge in [-0.1, -0.05) is 20.8 Å². The molecule has 0 saturated heterocycles. The van der Waals surface area contributed by atoms with Gasteiger partial charge >= 0.3 is 0 Å². The van der Waals surface area contributed by atoms with Crippen LogP contribution in [-0.2, 0) is 0 Å². The summed E-state index contributed by atoms with van der Waals surface area (Å²) in [7, 11) is 0. The summed E-state index contributed by atoms with van der Waals surface area (Å²) < 4.78 is 0. The maximum atomic E-state index is 9.99. The van der Waals surface area contributed by atoms with E-state index in [4.69, 9.17) is 0 Å². The zero-order chi connectivity index (χ0) is 7.99. The van der Waals surface area contributed by atoms with E-state index in [-0.39, 0.29) is 5.41 Å². The molecule has 1 saturated carbocycles. The minimum atomic E-state index is -0.451. The van der Waals surface area contributed by atoms with E-state index in [0.717, 1.165) is 6.42 Å². The number of rotatable bonds is 0. The molecule has 0 bridgehead atoms. The zero-order valence-corrected chi connectivity index (χ0v) is 7.44. The van der Waals surface area contributed by atoms with Crippen molar-refractivity contribution in [2.45, 2.75) is 46.1 Å². The SMILES string of the molecule is CC1CCC(C)(C)C1(C)O. The van der Waals surface area contributed by atoms with Gasteiger partial charge in [-0.2, -0.15) is 0 Å². The standard InChI is InChI=1S/C9H18O/c1-7-5-6-8(2,3)9(7,4)10/h7,10H,5-6H2,1-4H3. The second-order valence-electron chi connectivity index (χ2n) is 4.47. The molecule has 0 spiro atoms. The van der Waals surface area contributed by atoms with Crippen LogP contribution in [0.1, 0.15) is 40.5 Å². The van der Waals surface area contributed by atoms with E-state index in [1.807, 2.05) is 6.92 Å². The first-order chi connectivity index (χ1) is 4.38. The molecule has 1 fully saturated rings.